The number of carbonyl (C=O) groups is 1. The lowest BCUT2D eigenvalue weighted by molar-refractivity contribution is -0.128. The summed E-state index contributed by atoms with van der Waals surface area (Å²) in [5, 5.41) is 1.02. The number of aryl methyl sites for hydroxylation is 1. The van der Waals surface area contributed by atoms with Gasteiger partial charge in [0.05, 0.1) is 33.2 Å². The average Bonchev–Trinajstić information content (AvgIpc) is 2.97. The third-order valence-corrected chi connectivity index (χ3v) is 8.28. The Bertz CT molecular complexity index is 1780. The van der Waals surface area contributed by atoms with Crippen LogP contribution in [0.25, 0.3) is 28.0 Å². The van der Waals surface area contributed by atoms with Crippen LogP contribution in [-0.4, -0.2) is 65.5 Å². The maximum Gasteiger partial charge on any atom is 0.355 e. The van der Waals surface area contributed by atoms with Gasteiger partial charge in [0.2, 0.25) is 5.91 Å². The number of aromatic nitrogens is 6. The molecule has 1 aliphatic rings. The third-order valence-electron chi connectivity index (χ3n) is 7.99. The second-order valence-electron chi connectivity index (χ2n) is 11.8. The number of amides is 1. The largest absolute Gasteiger partial charge is 0.355 e. The molecule has 0 N–H and O–H groups in total. The number of hydrogen-bond acceptors (Lipinski definition) is 8. The van der Waals surface area contributed by atoms with Crippen LogP contribution >= 0.6 is 11.6 Å². The van der Waals surface area contributed by atoms with Crippen molar-refractivity contribution in [3.63, 3.8) is 0 Å². The zero-order valence-corrected chi connectivity index (χ0v) is 26.4. The highest BCUT2D eigenvalue weighted by molar-refractivity contribution is 6.34. The Hall–Kier alpha value is -4.18. The van der Waals surface area contributed by atoms with Crippen LogP contribution in [0.1, 0.15) is 70.3 Å². The lowest BCUT2D eigenvalue weighted by Crippen LogP contribution is -2.58. The van der Waals surface area contributed by atoms with Gasteiger partial charge in [-0.3, -0.25) is 9.78 Å². The molecule has 2 atom stereocenters. The first kappa shape index (κ1) is 30.3. The van der Waals surface area contributed by atoms with E-state index in [0.717, 1.165) is 17.0 Å². The first-order valence-electron chi connectivity index (χ1n) is 14.5. The van der Waals surface area contributed by atoms with Crippen molar-refractivity contribution in [2.75, 3.05) is 18.0 Å². The van der Waals surface area contributed by atoms with Gasteiger partial charge in [0.1, 0.15) is 12.1 Å². The number of hydrogen-bond donors (Lipinski definition) is 0. The van der Waals surface area contributed by atoms with Crippen LogP contribution in [0.4, 0.5) is 5.82 Å². The van der Waals surface area contributed by atoms with Crippen LogP contribution < -0.4 is 10.6 Å². The van der Waals surface area contributed by atoms with Gasteiger partial charge in [-0.05, 0) is 56.4 Å². The fourth-order valence-electron chi connectivity index (χ4n) is 5.83. The normalized spacial score (nSPS) is 17.3. The van der Waals surface area contributed by atoms with Gasteiger partial charge >= 0.3 is 5.69 Å². The fourth-order valence-corrected chi connectivity index (χ4v) is 6.08. The molecular formula is C32H37ClN8O2. The minimum absolute atomic E-state index is 0.0368. The standard InChI is InChI=1S/C32H37ClN8O2/c1-9-25(42)39-14-21(8)40(15-20(39)7)30-22-12-24(33)28(23-13-34-16-36-26(23)17(2)3)37-31(22)41(32(43)38-30)29-19(6)10-11-35-27(29)18(4)5/h9-13,16-18,20-21H,1,14-15H2,2-8H3. The third kappa shape index (κ3) is 5.40. The van der Waals surface area contributed by atoms with E-state index in [2.05, 4.69) is 31.4 Å². The molecule has 5 heterocycles. The van der Waals surface area contributed by atoms with Gasteiger partial charge in [0.15, 0.2) is 5.65 Å². The fraction of sp³-hybridized carbons (Fsp3) is 0.406. The molecule has 0 aliphatic carbocycles. The van der Waals surface area contributed by atoms with E-state index < -0.39 is 5.69 Å². The van der Waals surface area contributed by atoms with E-state index in [9.17, 15) is 9.59 Å². The monoisotopic (exact) mass is 600 g/mol. The second kappa shape index (κ2) is 11.8. The summed E-state index contributed by atoms with van der Waals surface area (Å²) in [4.78, 5) is 53.7. The molecule has 0 bridgehead atoms. The molecule has 224 valence electrons. The van der Waals surface area contributed by atoms with Crippen molar-refractivity contribution in [1.82, 2.24) is 34.4 Å². The molecule has 5 rings (SSSR count). The lowest BCUT2D eigenvalue weighted by atomic mass is 10.0. The molecule has 1 amide bonds. The van der Waals surface area contributed by atoms with Crippen molar-refractivity contribution in [3.05, 3.63) is 76.0 Å². The van der Waals surface area contributed by atoms with Crippen LogP contribution in [0, 0.1) is 6.92 Å². The Labute approximate surface area is 256 Å². The second-order valence-corrected chi connectivity index (χ2v) is 12.2. The Morgan fingerprint density at radius 1 is 1.07 bits per heavy atom. The summed E-state index contributed by atoms with van der Waals surface area (Å²) in [5.74, 6) is 0.477. The number of carbonyl (C=O) groups excluding carboxylic acids is 1. The topological polar surface area (TPSA) is 110 Å². The van der Waals surface area contributed by atoms with Gasteiger partial charge in [0.25, 0.3) is 0 Å². The van der Waals surface area contributed by atoms with Gasteiger partial charge < -0.3 is 9.80 Å². The van der Waals surface area contributed by atoms with E-state index in [1.807, 2.05) is 60.6 Å². The molecule has 2 unspecified atom stereocenters. The predicted octanol–water partition coefficient (Wildman–Crippen LogP) is 5.45. The predicted molar refractivity (Wildman–Crippen MR) is 170 cm³/mol. The van der Waals surface area contributed by atoms with E-state index >= 15 is 0 Å². The van der Waals surface area contributed by atoms with Crippen molar-refractivity contribution in [2.45, 2.75) is 72.4 Å². The van der Waals surface area contributed by atoms with E-state index in [1.54, 1.807) is 21.9 Å². The summed E-state index contributed by atoms with van der Waals surface area (Å²) in [7, 11) is 0. The van der Waals surface area contributed by atoms with E-state index in [-0.39, 0.29) is 29.8 Å². The number of piperazine rings is 1. The molecule has 4 aromatic rings. The molecule has 0 saturated carbocycles. The minimum atomic E-state index is -0.473. The van der Waals surface area contributed by atoms with Crippen LogP contribution in [0.3, 0.4) is 0 Å². The quantitative estimate of drug-likeness (QED) is 0.269. The molecular weight excluding hydrogens is 564 g/mol. The summed E-state index contributed by atoms with van der Waals surface area (Å²) in [6, 6.07) is 3.44. The van der Waals surface area contributed by atoms with Crippen molar-refractivity contribution >= 4 is 34.4 Å². The molecule has 4 aromatic heterocycles. The lowest BCUT2D eigenvalue weighted by Gasteiger charge is -2.44. The number of fused-ring (bicyclic) bond motifs is 1. The zero-order valence-electron chi connectivity index (χ0n) is 25.7. The van der Waals surface area contributed by atoms with Gasteiger partial charge in [-0.25, -0.2) is 24.3 Å². The summed E-state index contributed by atoms with van der Waals surface area (Å²) in [6.45, 7) is 18.7. The molecule has 1 saturated heterocycles. The van der Waals surface area contributed by atoms with Crippen LogP contribution in [0.2, 0.25) is 5.02 Å². The first-order valence-corrected chi connectivity index (χ1v) is 14.9. The smallest absolute Gasteiger partial charge is 0.349 e. The molecule has 0 aromatic carbocycles. The van der Waals surface area contributed by atoms with Crippen molar-refractivity contribution < 1.29 is 4.79 Å². The maximum absolute atomic E-state index is 14.2. The number of halogens is 1. The summed E-state index contributed by atoms with van der Waals surface area (Å²) in [6.07, 6.45) is 6.31. The van der Waals surface area contributed by atoms with E-state index in [4.69, 9.17) is 16.6 Å². The Balaban J connectivity index is 1.84. The summed E-state index contributed by atoms with van der Waals surface area (Å²) >= 11 is 7.00. The summed E-state index contributed by atoms with van der Waals surface area (Å²) in [5.41, 5.74) is 4.22. The van der Waals surface area contributed by atoms with Gasteiger partial charge in [-0.1, -0.05) is 45.9 Å². The van der Waals surface area contributed by atoms with Crippen LogP contribution in [-0.2, 0) is 4.79 Å². The van der Waals surface area contributed by atoms with Gasteiger partial charge in [-0.15, -0.1) is 0 Å². The van der Waals surface area contributed by atoms with Crippen molar-refractivity contribution in [2.24, 2.45) is 0 Å². The number of anilines is 1. The van der Waals surface area contributed by atoms with Gasteiger partial charge in [0, 0.05) is 43.1 Å². The van der Waals surface area contributed by atoms with Crippen LogP contribution in [0.15, 0.2) is 48.3 Å². The number of nitrogens with zero attached hydrogens (tertiary/aromatic N) is 8. The Morgan fingerprint density at radius 3 is 2.47 bits per heavy atom. The molecule has 0 spiro atoms. The van der Waals surface area contributed by atoms with Crippen molar-refractivity contribution in [1.29, 1.82) is 0 Å². The Morgan fingerprint density at radius 2 is 1.79 bits per heavy atom. The average molecular weight is 601 g/mol. The van der Waals surface area contributed by atoms with Crippen LogP contribution in [0.5, 0.6) is 0 Å². The maximum atomic E-state index is 14.2. The van der Waals surface area contributed by atoms with Gasteiger partial charge in [-0.2, -0.15) is 4.98 Å². The Kier molecular flexibility index (Phi) is 8.34. The molecule has 1 fully saturated rings. The number of pyridine rings is 2. The zero-order chi connectivity index (χ0) is 31.2. The highest BCUT2D eigenvalue weighted by atomic mass is 35.5. The first-order chi connectivity index (χ1) is 20.4. The highest BCUT2D eigenvalue weighted by Gasteiger charge is 2.34. The molecule has 0 radical (unpaired) electrons. The van der Waals surface area contributed by atoms with Crippen molar-refractivity contribution in [3.8, 4) is 16.9 Å². The molecule has 11 heteroatoms. The molecule has 43 heavy (non-hydrogen) atoms. The van der Waals surface area contributed by atoms with E-state index in [0.29, 0.717) is 51.9 Å². The number of rotatable bonds is 6. The highest BCUT2D eigenvalue weighted by Crippen LogP contribution is 2.37. The molecule has 1 aliphatic heterocycles. The summed E-state index contributed by atoms with van der Waals surface area (Å²) < 4.78 is 1.56. The minimum Gasteiger partial charge on any atom is -0.349 e. The SMILES string of the molecule is C=CC(=O)N1CC(C)N(c2nc(=O)n(-c3c(C)ccnc3C(C)C)c3nc(-c4cncnc4C(C)C)c(Cl)cc23)CC1C. The van der Waals surface area contributed by atoms with E-state index in [1.165, 1.54) is 12.4 Å². The molecule has 10 nitrogen and oxygen atoms in total.